The van der Waals surface area contributed by atoms with Crippen LogP contribution >= 0.6 is 0 Å². The molecule has 1 atom stereocenters. The van der Waals surface area contributed by atoms with Gasteiger partial charge in [-0.05, 0) is 48.7 Å². The van der Waals surface area contributed by atoms with Crippen molar-refractivity contribution in [3.05, 3.63) is 47.5 Å². The minimum Gasteiger partial charge on any atom is -0.496 e. The minimum absolute atomic E-state index is 0.422. The maximum Gasteiger partial charge on any atom is 0.321 e. The third kappa shape index (κ3) is 5.47. The van der Waals surface area contributed by atoms with Crippen LogP contribution in [0.5, 0.6) is 11.5 Å². The molecule has 0 bridgehead atoms. The van der Waals surface area contributed by atoms with E-state index in [1.165, 1.54) is 0 Å². The molecule has 2 aromatic rings. The molecule has 2 rings (SSSR count). The SMILES string of the molecule is CCN[C@@H](Cc1ccc(-c2c(OC)cc(COCC)cc2OC)cc1)C(=O)O. The van der Waals surface area contributed by atoms with Crippen LogP contribution in [-0.4, -0.2) is 44.5 Å². The van der Waals surface area contributed by atoms with Gasteiger partial charge in [-0.15, -0.1) is 0 Å². The van der Waals surface area contributed by atoms with Crippen molar-refractivity contribution in [2.45, 2.75) is 32.9 Å². The highest BCUT2D eigenvalue weighted by Gasteiger charge is 2.18. The molecule has 0 aliphatic heterocycles. The first-order valence-corrected chi connectivity index (χ1v) is 9.42. The fraction of sp³-hybridized carbons (Fsp3) is 0.409. The Labute approximate surface area is 166 Å². The molecule has 0 aliphatic rings. The van der Waals surface area contributed by atoms with Crippen molar-refractivity contribution in [2.24, 2.45) is 0 Å². The molecule has 152 valence electrons. The van der Waals surface area contributed by atoms with E-state index in [0.717, 1.165) is 22.3 Å². The van der Waals surface area contributed by atoms with Crippen LogP contribution in [0.4, 0.5) is 0 Å². The normalized spacial score (nSPS) is 11.9. The lowest BCUT2D eigenvalue weighted by Gasteiger charge is -2.17. The van der Waals surface area contributed by atoms with Gasteiger partial charge in [0.1, 0.15) is 17.5 Å². The van der Waals surface area contributed by atoms with Crippen molar-refractivity contribution >= 4 is 5.97 Å². The molecular weight excluding hydrogens is 358 g/mol. The molecule has 0 aliphatic carbocycles. The smallest absolute Gasteiger partial charge is 0.321 e. The van der Waals surface area contributed by atoms with Crippen molar-refractivity contribution in [2.75, 3.05) is 27.4 Å². The first-order valence-electron chi connectivity index (χ1n) is 9.42. The molecule has 0 saturated carbocycles. The van der Waals surface area contributed by atoms with Gasteiger partial charge in [0.05, 0.1) is 26.4 Å². The first kappa shape index (κ1) is 21.7. The summed E-state index contributed by atoms with van der Waals surface area (Å²) in [5.74, 6) is 0.565. The summed E-state index contributed by atoms with van der Waals surface area (Å²) in [7, 11) is 3.26. The fourth-order valence-corrected chi connectivity index (χ4v) is 3.09. The molecular formula is C22H29NO5. The number of carboxylic acid groups (broad SMARTS) is 1. The van der Waals surface area contributed by atoms with Gasteiger partial charge >= 0.3 is 5.97 Å². The predicted molar refractivity (Wildman–Crippen MR) is 109 cm³/mol. The summed E-state index contributed by atoms with van der Waals surface area (Å²) in [5.41, 5.74) is 3.72. The summed E-state index contributed by atoms with van der Waals surface area (Å²) in [6, 6.07) is 11.1. The zero-order valence-electron chi connectivity index (χ0n) is 17.0. The second kappa shape index (κ2) is 10.7. The number of hydrogen-bond acceptors (Lipinski definition) is 5. The van der Waals surface area contributed by atoms with E-state index in [1.54, 1.807) is 14.2 Å². The van der Waals surface area contributed by atoms with Gasteiger partial charge in [-0.2, -0.15) is 0 Å². The van der Waals surface area contributed by atoms with Crippen LogP contribution in [-0.2, 0) is 22.6 Å². The largest absolute Gasteiger partial charge is 0.496 e. The fourth-order valence-electron chi connectivity index (χ4n) is 3.09. The molecule has 6 heteroatoms. The van der Waals surface area contributed by atoms with Gasteiger partial charge < -0.3 is 24.6 Å². The van der Waals surface area contributed by atoms with Gasteiger partial charge in [-0.1, -0.05) is 31.2 Å². The Morgan fingerprint density at radius 2 is 1.64 bits per heavy atom. The minimum atomic E-state index is -0.848. The van der Waals surface area contributed by atoms with E-state index in [-0.39, 0.29) is 0 Å². The summed E-state index contributed by atoms with van der Waals surface area (Å²) in [6.07, 6.45) is 0.422. The van der Waals surface area contributed by atoms with Crippen LogP contribution < -0.4 is 14.8 Å². The maximum atomic E-state index is 11.4. The van der Waals surface area contributed by atoms with Crippen LogP contribution in [0, 0.1) is 0 Å². The lowest BCUT2D eigenvalue weighted by molar-refractivity contribution is -0.139. The summed E-state index contributed by atoms with van der Waals surface area (Å²) in [6.45, 7) is 5.58. The number of methoxy groups -OCH3 is 2. The lowest BCUT2D eigenvalue weighted by Crippen LogP contribution is -2.38. The zero-order chi connectivity index (χ0) is 20.5. The predicted octanol–water partition coefficient (Wildman–Crippen LogP) is 3.51. The van der Waals surface area contributed by atoms with Gasteiger partial charge in [-0.25, -0.2) is 0 Å². The third-order valence-electron chi connectivity index (χ3n) is 4.47. The van der Waals surface area contributed by atoms with Crippen molar-refractivity contribution in [1.29, 1.82) is 0 Å². The number of ether oxygens (including phenoxy) is 3. The van der Waals surface area contributed by atoms with Crippen molar-refractivity contribution in [1.82, 2.24) is 5.32 Å². The third-order valence-corrected chi connectivity index (χ3v) is 4.47. The highest BCUT2D eigenvalue weighted by atomic mass is 16.5. The Bertz CT molecular complexity index is 748. The number of likely N-dealkylation sites (N-methyl/N-ethyl adjacent to an activating group) is 1. The van der Waals surface area contributed by atoms with Gasteiger partial charge in [0.15, 0.2) is 0 Å². The molecule has 2 aromatic carbocycles. The molecule has 0 aromatic heterocycles. The maximum absolute atomic E-state index is 11.4. The Kier molecular flexibility index (Phi) is 8.29. The highest BCUT2D eigenvalue weighted by Crippen LogP contribution is 2.39. The first-order chi connectivity index (χ1) is 13.5. The van der Waals surface area contributed by atoms with E-state index in [1.807, 2.05) is 50.2 Å². The number of rotatable bonds is 11. The van der Waals surface area contributed by atoms with Crippen molar-refractivity contribution in [3.63, 3.8) is 0 Å². The Morgan fingerprint density at radius 3 is 2.11 bits per heavy atom. The van der Waals surface area contributed by atoms with E-state index in [0.29, 0.717) is 37.7 Å². The van der Waals surface area contributed by atoms with E-state index in [4.69, 9.17) is 14.2 Å². The molecule has 0 radical (unpaired) electrons. The second-order valence-corrected chi connectivity index (χ2v) is 6.36. The van der Waals surface area contributed by atoms with E-state index in [9.17, 15) is 9.90 Å². The second-order valence-electron chi connectivity index (χ2n) is 6.36. The zero-order valence-corrected chi connectivity index (χ0v) is 17.0. The van der Waals surface area contributed by atoms with Crippen LogP contribution in [0.25, 0.3) is 11.1 Å². The Morgan fingerprint density at radius 1 is 1.04 bits per heavy atom. The standard InChI is InChI=1S/C22H29NO5/c1-5-23-18(22(24)25)11-15-7-9-17(10-8-15)21-19(26-3)12-16(14-28-6-2)13-20(21)27-4/h7-10,12-13,18,23H,5-6,11,14H2,1-4H3,(H,24,25)/t18-/m0/s1. The van der Waals surface area contributed by atoms with E-state index >= 15 is 0 Å². The summed E-state index contributed by atoms with van der Waals surface area (Å²) < 4.78 is 16.7. The van der Waals surface area contributed by atoms with Crippen LogP contribution in [0.2, 0.25) is 0 Å². The number of benzene rings is 2. The van der Waals surface area contributed by atoms with Crippen LogP contribution in [0.15, 0.2) is 36.4 Å². The molecule has 0 fully saturated rings. The highest BCUT2D eigenvalue weighted by molar-refractivity contribution is 5.78. The van der Waals surface area contributed by atoms with Gasteiger partial charge in [-0.3, -0.25) is 4.79 Å². The molecule has 28 heavy (non-hydrogen) atoms. The number of carboxylic acids is 1. The van der Waals surface area contributed by atoms with Crippen LogP contribution in [0.3, 0.4) is 0 Å². The lowest BCUT2D eigenvalue weighted by atomic mass is 9.98. The average molecular weight is 387 g/mol. The molecule has 6 nitrogen and oxygen atoms in total. The number of carbonyl (C=O) groups is 1. The van der Waals surface area contributed by atoms with Gasteiger partial charge in [0, 0.05) is 6.61 Å². The summed E-state index contributed by atoms with van der Waals surface area (Å²) >= 11 is 0. The average Bonchev–Trinajstić information content (AvgIpc) is 2.71. The number of nitrogens with one attached hydrogen (secondary N) is 1. The quantitative estimate of drug-likeness (QED) is 0.614. The van der Waals surface area contributed by atoms with E-state index in [2.05, 4.69) is 5.32 Å². The molecule has 0 amide bonds. The molecule has 0 spiro atoms. The van der Waals surface area contributed by atoms with E-state index < -0.39 is 12.0 Å². The molecule has 0 heterocycles. The number of hydrogen-bond donors (Lipinski definition) is 2. The Hall–Kier alpha value is -2.57. The molecule has 2 N–H and O–H groups in total. The molecule has 0 saturated heterocycles. The molecule has 0 unspecified atom stereocenters. The van der Waals surface area contributed by atoms with Crippen LogP contribution in [0.1, 0.15) is 25.0 Å². The van der Waals surface area contributed by atoms with Crippen molar-refractivity contribution < 1.29 is 24.1 Å². The summed E-state index contributed by atoms with van der Waals surface area (Å²) in [5, 5.41) is 12.3. The summed E-state index contributed by atoms with van der Waals surface area (Å²) in [4.78, 5) is 11.4. The number of aliphatic carboxylic acids is 1. The Balaban J connectivity index is 2.32. The monoisotopic (exact) mass is 387 g/mol. The topological polar surface area (TPSA) is 77.0 Å². The van der Waals surface area contributed by atoms with Gasteiger partial charge in [0.2, 0.25) is 0 Å². The van der Waals surface area contributed by atoms with Gasteiger partial charge in [0.25, 0.3) is 0 Å². The van der Waals surface area contributed by atoms with Crippen molar-refractivity contribution in [3.8, 4) is 22.6 Å².